The van der Waals surface area contributed by atoms with Crippen LogP contribution < -0.4 is 10.5 Å². The quantitative estimate of drug-likeness (QED) is 0.828. The molecule has 1 saturated carbocycles. The van der Waals surface area contributed by atoms with E-state index in [9.17, 15) is 0 Å². The highest BCUT2D eigenvalue weighted by atomic mass is 16.5. The highest BCUT2D eigenvalue weighted by molar-refractivity contribution is 5.36. The van der Waals surface area contributed by atoms with Crippen molar-refractivity contribution in [2.75, 3.05) is 6.54 Å². The first-order chi connectivity index (χ1) is 8.71. The van der Waals surface area contributed by atoms with Crippen LogP contribution >= 0.6 is 0 Å². The minimum Gasteiger partial charge on any atom is -0.487 e. The second kappa shape index (κ2) is 5.75. The molecule has 0 aliphatic heterocycles. The fourth-order valence-corrected chi connectivity index (χ4v) is 2.67. The number of benzene rings is 1. The first kappa shape index (κ1) is 13.4. The minimum atomic E-state index is 0.0261. The first-order valence-electron chi connectivity index (χ1n) is 7.19. The van der Waals surface area contributed by atoms with Crippen molar-refractivity contribution in [2.24, 2.45) is 5.73 Å². The van der Waals surface area contributed by atoms with E-state index in [0.29, 0.717) is 12.5 Å². The van der Waals surface area contributed by atoms with Crippen LogP contribution in [0.5, 0.6) is 5.75 Å². The molecule has 0 spiro atoms. The van der Waals surface area contributed by atoms with Gasteiger partial charge in [-0.1, -0.05) is 32.0 Å². The standard InChI is InChI=1S/C16H25NO/c1-3-13(2)14-7-4-5-8-15(14)18-16(11-12-17)9-6-10-16/h4-5,7-8,13H,3,6,9-12,17H2,1-2H3. The Kier molecular flexibility index (Phi) is 4.28. The average Bonchev–Trinajstić information content (AvgIpc) is 2.36. The third-order valence-electron chi connectivity index (χ3n) is 4.25. The summed E-state index contributed by atoms with van der Waals surface area (Å²) < 4.78 is 6.35. The van der Waals surface area contributed by atoms with Gasteiger partial charge in [-0.05, 0) is 56.2 Å². The SMILES string of the molecule is CCC(C)c1ccccc1OC1(CCN)CCC1. The van der Waals surface area contributed by atoms with Gasteiger partial charge in [0.2, 0.25) is 0 Å². The zero-order valence-electron chi connectivity index (χ0n) is 11.6. The van der Waals surface area contributed by atoms with Gasteiger partial charge in [0.1, 0.15) is 11.4 Å². The maximum Gasteiger partial charge on any atom is 0.123 e. The lowest BCUT2D eigenvalue weighted by molar-refractivity contribution is -0.0134. The van der Waals surface area contributed by atoms with Gasteiger partial charge in [0, 0.05) is 0 Å². The third-order valence-corrected chi connectivity index (χ3v) is 4.25. The maximum atomic E-state index is 6.35. The number of hydrogen-bond acceptors (Lipinski definition) is 2. The molecule has 1 aromatic rings. The Labute approximate surface area is 111 Å². The average molecular weight is 247 g/mol. The molecule has 1 fully saturated rings. The Morgan fingerprint density at radius 1 is 1.33 bits per heavy atom. The van der Waals surface area contributed by atoms with E-state index >= 15 is 0 Å². The van der Waals surface area contributed by atoms with Gasteiger partial charge in [0.05, 0.1) is 0 Å². The molecule has 1 unspecified atom stereocenters. The van der Waals surface area contributed by atoms with Crippen LogP contribution in [-0.4, -0.2) is 12.1 Å². The second-order valence-electron chi connectivity index (χ2n) is 5.52. The molecule has 1 aliphatic carbocycles. The van der Waals surface area contributed by atoms with Crippen LogP contribution in [0.15, 0.2) is 24.3 Å². The van der Waals surface area contributed by atoms with Crippen molar-refractivity contribution in [3.05, 3.63) is 29.8 Å². The summed E-state index contributed by atoms with van der Waals surface area (Å²) in [7, 11) is 0. The molecule has 1 aliphatic rings. The molecule has 0 aromatic heterocycles. The Bertz CT molecular complexity index is 384. The molecule has 2 nitrogen and oxygen atoms in total. The Morgan fingerprint density at radius 2 is 2.06 bits per heavy atom. The first-order valence-corrected chi connectivity index (χ1v) is 7.19. The molecule has 2 heteroatoms. The summed E-state index contributed by atoms with van der Waals surface area (Å²) in [6.45, 7) is 5.20. The van der Waals surface area contributed by atoms with E-state index in [4.69, 9.17) is 10.5 Å². The zero-order chi connectivity index (χ0) is 13.0. The monoisotopic (exact) mass is 247 g/mol. The lowest BCUT2D eigenvalue weighted by Crippen LogP contribution is -2.45. The minimum absolute atomic E-state index is 0.0261. The Hall–Kier alpha value is -1.02. The molecule has 18 heavy (non-hydrogen) atoms. The second-order valence-corrected chi connectivity index (χ2v) is 5.52. The van der Waals surface area contributed by atoms with Crippen LogP contribution in [0.3, 0.4) is 0 Å². The van der Waals surface area contributed by atoms with Crippen molar-refractivity contribution in [3.8, 4) is 5.75 Å². The van der Waals surface area contributed by atoms with E-state index in [2.05, 4.69) is 38.1 Å². The van der Waals surface area contributed by atoms with Crippen molar-refractivity contribution in [1.29, 1.82) is 0 Å². The molecule has 0 heterocycles. The molecule has 1 aromatic carbocycles. The van der Waals surface area contributed by atoms with Crippen LogP contribution in [-0.2, 0) is 0 Å². The van der Waals surface area contributed by atoms with Gasteiger partial charge < -0.3 is 10.5 Å². The molecule has 2 N–H and O–H groups in total. The molecule has 0 bridgehead atoms. The summed E-state index contributed by atoms with van der Waals surface area (Å²) in [6.07, 6.45) is 5.69. The van der Waals surface area contributed by atoms with Gasteiger partial charge in [-0.25, -0.2) is 0 Å². The molecular formula is C16H25NO. The maximum absolute atomic E-state index is 6.35. The van der Waals surface area contributed by atoms with E-state index in [0.717, 1.165) is 31.4 Å². The molecule has 1 atom stereocenters. The lowest BCUT2D eigenvalue weighted by Gasteiger charge is -2.42. The van der Waals surface area contributed by atoms with Crippen molar-refractivity contribution in [2.45, 2.75) is 57.5 Å². The van der Waals surface area contributed by atoms with Crippen LogP contribution in [0.2, 0.25) is 0 Å². The highest BCUT2D eigenvalue weighted by Crippen LogP contribution is 2.41. The van der Waals surface area contributed by atoms with Gasteiger partial charge in [-0.2, -0.15) is 0 Å². The van der Waals surface area contributed by atoms with Crippen molar-refractivity contribution >= 4 is 0 Å². The van der Waals surface area contributed by atoms with Gasteiger partial charge in [0.15, 0.2) is 0 Å². The fourth-order valence-electron chi connectivity index (χ4n) is 2.67. The predicted octanol–water partition coefficient (Wildman–Crippen LogP) is 3.85. The summed E-state index contributed by atoms with van der Waals surface area (Å²) in [6, 6.07) is 8.47. The number of para-hydroxylation sites is 1. The largest absolute Gasteiger partial charge is 0.487 e. The van der Waals surface area contributed by atoms with E-state index in [-0.39, 0.29) is 5.60 Å². The number of rotatable bonds is 6. The van der Waals surface area contributed by atoms with Gasteiger partial charge in [0.25, 0.3) is 0 Å². The molecule has 0 radical (unpaired) electrons. The smallest absolute Gasteiger partial charge is 0.123 e. The topological polar surface area (TPSA) is 35.2 Å². The van der Waals surface area contributed by atoms with Crippen molar-refractivity contribution in [3.63, 3.8) is 0 Å². The van der Waals surface area contributed by atoms with Gasteiger partial charge in [-0.15, -0.1) is 0 Å². The van der Waals surface area contributed by atoms with Crippen LogP contribution in [0.25, 0.3) is 0 Å². The van der Waals surface area contributed by atoms with Crippen molar-refractivity contribution < 1.29 is 4.74 Å². The summed E-state index contributed by atoms with van der Waals surface area (Å²) in [4.78, 5) is 0. The summed E-state index contributed by atoms with van der Waals surface area (Å²) in [5.74, 6) is 1.62. The highest BCUT2D eigenvalue weighted by Gasteiger charge is 2.39. The fraction of sp³-hybridized carbons (Fsp3) is 0.625. The zero-order valence-corrected chi connectivity index (χ0v) is 11.6. The Balaban J connectivity index is 2.17. The third kappa shape index (κ3) is 2.69. The molecule has 0 saturated heterocycles. The van der Waals surface area contributed by atoms with E-state index in [1.165, 1.54) is 12.0 Å². The van der Waals surface area contributed by atoms with E-state index < -0.39 is 0 Å². The summed E-state index contributed by atoms with van der Waals surface area (Å²) in [5, 5.41) is 0. The van der Waals surface area contributed by atoms with Crippen LogP contribution in [0.4, 0.5) is 0 Å². The molecule has 2 rings (SSSR count). The van der Waals surface area contributed by atoms with E-state index in [1.54, 1.807) is 0 Å². The van der Waals surface area contributed by atoms with Crippen LogP contribution in [0, 0.1) is 0 Å². The molecular weight excluding hydrogens is 222 g/mol. The van der Waals surface area contributed by atoms with Crippen molar-refractivity contribution in [1.82, 2.24) is 0 Å². The normalized spacial score (nSPS) is 19.1. The number of hydrogen-bond donors (Lipinski definition) is 1. The molecule has 100 valence electrons. The van der Waals surface area contributed by atoms with Crippen LogP contribution in [0.1, 0.15) is 57.4 Å². The lowest BCUT2D eigenvalue weighted by atomic mass is 9.77. The van der Waals surface area contributed by atoms with Gasteiger partial charge in [-0.3, -0.25) is 0 Å². The predicted molar refractivity (Wildman–Crippen MR) is 76.0 cm³/mol. The number of nitrogens with two attached hydrogens (primary N) is 1. The number of ether oxygens (including phenoxy) is 1. The van der Waals surface area contributed by atoms with E-state index in [1.807, 2.05) is 0 Å². The summed E-state index contributed by atoms with van der Waals surface area (Å²) >= 11 is 0. The summed E-state index contributed by atoms with van der Waals surface area (Å²) in [5.41, 5.74) is 7.08. The Morgan fingerprint density at radius 3 is 2.61 bits per heavy atom. The van der Waals surface area contributed by atoms with Gasteiger partial charge >= 0.3 is 0 Å². The molecule has 0 amide bonds.